The Morgan fingerprint density at radius 1 is 1.11 bits per heavy atom. The highest BCUT2D eigenvalue weighted by molar-refractivity contribution is 5.97. The first-order chi connectivity index (χ1) is 13.4. The van der Waals surface area contributed by atoms with Gasteiger partial charge in [0.05, 0.1) is 6.54 Å². The molecule has 0 bridgehead atoms. The van der Waals surface area contributed by atoms with E-state index in [4.69, 9.17) is 9.47 Å². The molecule has 3 rings (SSSR count). The van der Waals surface area contributed by atoms with Crippen molar-refractivity contribution >= 4 is 17.8 Å². The van der Waals surface area contributed by atoms with Crippen LogP contribution < -0.4 is 20.1 Å². The molecule has 0 saturated carbocycles. The van der Waals surface area contributed by atoms with Gasteiger partial charge in [-0.15, -0.1) is 0 Å². The standard InChI is InChI=1S/C20H20N2O6/c1-11-4-3-5-14(12(11)2)18(20(25)26)22-17(23)9-21-19(24)13-6-7-15-16(8-13)28-10-27-15/h3-8,18H,9-10H2,1-2H3,(H,21,24)(H,22,23)(H,25,26). The molecule has 0 saturated heterocycles. The highest BCUT2D eigenvalue weighted by Gasteiger charge is 2.24. The van der Waals surface area contributed by atoms with Gasteiger partial charge in [0.1, 0.15) is 0 Å². The molecule has 1 atom stereocenters. The van der Waals surface area contributed by atoms with Gasteiger partial charge in [0.25, 0.3) is 5.91 Å². The van der Waals surface area contributed by atoms with Crippen molar-refractivity contribution in [2.75, 3.05) is 13.3 Å². The number of rotatable bonds is 6. The fourth-order valence-electron chi connectivity index (χ4n) is 2.87. The fourth-order valence-corrected chi connectivity index (χ4v) is 2.87. The lowest BCUT2D eigenvalue weighted by Crippen LogP contribution is -2.41. The first-order valence-electron chi connectivity index (χ1n) is 8.63. The van der Waals surface area contributed by atoms with Crippen molar-refractivity contribution in [1.82, 2.24) is 10.6 Å². The van der Waals surface area contributed by atoms with E-state index in [1.807, 2.05) is 13.0 Å². The van der Waals surface area contributed by atoms with Crippen molar-refractivity contribution in [3.05, 3.63) is 58.7 Å². The summed E-state index contributed by atoms with van der Waals surface area (Å²) in [6.07, 6.45) is 0. The Labute approximate surface area is 161 Å². The molecule has 0 spiro atoms. The Bertz CT molecular complexity index is 940. The van der Waals surface area contributed by atoms with Crippen LogP contribution in [0.25, 0.3) is 0 Å². The maximum atomic E-state index is 12.2. The molecule has 2 aromatic carbocycles. The molecule has 2 aromatic rings. The van der Waals surface area contributed by atoms with E-state index in [0.29, 0.717) is 22.6 Å². The van der Waals surface area contributed by atoms with Crippen molar-refractivity contribution in [2.24, 2.45) is 0 Å². The Morgan fingerprint density at radius 2 is 1.86 bits per heavy atom. The number of aryl methyl sites for hydroxylation is 1. The highest BCUT2D eigenvalue weighted by atomic mass is 16.7. The van der Waals surface area contributed by atoms with Gasteiger partial charge >= 0.3 is 5.97 Å². The molecule has 8 heteroatoms. The third kappa shape index (κ3) is 4.06. The number of carbonyl (C=O) groups excluding carboxylic acids is 2. The van der Waals surface area contributed by atoms with Crippen molar-refractivity contribution in [3.8, 4) is 11.5 Å². The molecule has 0 aromatic heterocycles. The molecule has 8 nitrogen and oxygen atoms in total. The molecule has 0 aliphatic carbocycles. The molecule has 146 valence electrons. The summed E-state index contributed by atoms with van der Waals surface area (Å²) >= 11 is 0. The SMILES string of the molecule is Cc1cccc(C(NC(=O)CNC(=O)c2ccc3c(c2)OCO3)C(=O)O)c1C. The van der Waals surface area contributed by atoms with Crippen LogP contribution in [0.15, 0.2) is 36.4 Å². The second kappa shape index (κ2) is 7.99. The first kappa shape index (κ1) is 19.2. The largest absolute Gasteiger partial charge is 0.479 e. The number of carboxylic acids is 1. The predicted molar refractivity (Wildman–Crippen MR) is 99.3 cm³/mol. The third-order valence-electron chi connectivity index (χ3n) is 4.55. The minimum absolute atomic E-state index is 0.0950. The maximum Gasteiger partial charge on any atom is 0.330 e. The van der Waals surface area contributed by atoms with E-state index < -0.39 is 23.8 Å². The summed E-state index contributed by atoms with van der Waals surface area (Å²) in [6, 6.07) is 8.75. The summed E-state index contributed by atoms with van der Waals surface area (Å²) in [4.78, 5) is 36.1. The quantitative estimate of drug-likeness (QED) is 0.699. The Morgan fingerprint density at radius 3 is 2.61 bits per heavy atom. The van der Waals surface area contributed by atoms with Crippen LogP contribution in [0.2, 0.25) is 0 Å². The van der Waals surface area contributed by atoms with E-state index >= 15 is 0 Å². The van der Waals surface area contributed by atoms with E-state index in [0.717, 1.165) is 11.1 Å². The van der Waals surface area contributed by atoms with E-state index in [-0.39, 0.29) is 13.3 Å². The Hall–Kier alpha value is -3.55. The summed E-state index contributed by atoms with van der Waals surface area (Å²) in [5.41, 5.74) is 2.53. The number of carbonyl (C=O) groups is 3. The van der Waals surface area contributed by atoms with Gasteiger partial charge in [0.2, 0.25) is 12.7 Å². The zero-order valence-corrected chi connectivity index (χ0v) is 15.4. The second-order valence-electron chi connectivity index (χ2n) is 6.38. The topological polar surface area (TPSA) is 114 Å². The fraction of sp³-hybridized carbons (Fsp3) is 0.250. The average Bonchev–Trinajstić information content (AvgIpc) is 3.14. The number of nitrogens with one attached hydrogen (secondary N) is 2. The summed E-state index contributed by atoms with van der Waals surface area (Å²) in [5.74, 6) is -1.26. The normalized spacial score (nSPS) is 12.9. The molecular weight excluding hydrogens is 364 g/mol. The minimum atomic E-state index is -1.20. The molecule has 1 heterocycles. The molecule has 28 heavy (non-hydrogen) atoms. The Kier molecular flexibility index (Phi) is 5.49. The van der Waals surface area contributed by atoms with Gasteiger partial charge in [-0.2, -0.15) is 0 Å². The smallest absolute Gasteiger partial charge is 0.330 e. The molecule has 1 aliphatic heterocycles. The number of amides is 2. The van der Waals surface area contributed by atoms with Crippen LogP contribution in [-0.2, 0) is 9.59 Å². The van der Waals surface area contributed by atoms with Crippen LogP contribution in [0.4, 0.5) is 0 Å². The monoisotopic (exact) mass is 384 g/mol. The number of ether oxygens (including phenoxy) is 2. The number of aliphatic carboxylic acids is 1. The van der Waals surface area contributed by atoms with Gasteiger partial charge in [0.15, 0.2) is 17.5 Å². The molecule has 1 unspecified atom stereocenters. The zero-order chi connectivity index (χ0) is 20.3. The summed E-state index contributed by atoms with van der Waals surface area (Å²) in [7, 11) is 0. The number of carboxylic acid groups (broad SMARTS) is 1. The number of hydrogen-bond donors (Lipinski definition) is 3. The van der Waals surface area contributed by atoms with Crippen LogP contribution in [0.5, 0.6) is 11.5 Å². The van der Waals surface area contributed by atoms with Crippen LogP contribution >= 0.6 is 0 Å². The van der Waals surface area contributed by atoms with E-state index in [1.165, 1.54) is 6.07 Å². The van der Waals surface area contributed by atoms with E-state index in [1.54, 1.807) is 31.2 Å². The first-order valence-corrected chi connectivity index (χ1v) is 8.63. The van der Waals surface area contributed by atoms with Gasteiger partial charge in [0, 0.05) is 5.56 Å². The lowest BCUT2D eigenvalue weighted by atomic mass is 9.97. The van der Waals surface area contributed by atoms with Crippen LogP contribution in [-0.4, -0.2) is 36.2 Å². The lowest BCUT2D eigenvalue weighted by molar-refractivity contribution is -0.141. The molecule has 2 amide bonds. The summed E-state index contributed by atoms with van der Waals surface area (Å²) in [6.45, 7) is 3.40. The van der Waals surface area contributed by atoms with E-state index in [2.05, 4.69) is 10.6 Å². The van der Waals surface area contributed by atoms with Gasteiger partial charge in [-0.1, -0.05) is 18.2 Å². The van der Waals surface area contributed by atoms with Crippen LogP contribution in [0.1, 0.15) is 33.1 Å². The summed E-state index contributed by atoms with van der Waals surface area (Å²) in [5, 5.41) is 14.4. The third-order valence-corrected chi connectivity index (χ3v) is 4.55. The lowest BCUT2D eigenvalue weighted by Gasteiger charge is -2.18. The van der Waals surface area contributed by atoms with Crippen molar-refractivity contribution in [3.63, 3.8) is 0 Å². The number of hydrogen-bond acceptors (Lipinski definition) is 5. The molecule has 1 aliphatic rings. The zero-order valence-electron chi connectivity index (χ0n) is 15.4. The van der Waals surface area contributed by atoms with Crippen molar-refractivity contribution < 1.29 is 29.0 Å². The van der Waals surface area contributed by atoms with Crippen LogP contribution in [0.3, 0.4) is 0 Å². The maximum absolute atomic E-state index is 12.2. The summed E-state index contributed by atoms with van der Waals surface area (Å²) < 4.78 is 10.4. The molecule has 0 fully saturated rings. The van der Waals surface area contributed by atoms with Gasteiger partial charge in [-0.3, -0.25) is 9.59 Å². The van der Waals surface area contributed by atoms with Gasteiger partial charge in [-0.25, -0.2) is 4.79 Å². The van der Waals surface area contributed by atoms with Crippen molar-refractivity contribution in [2.45, 2.75) is 19.9 Å². The average molecular weight is 384 g/mol. The van der Waals surface area contributed by atoms with Gasteiger partial charge < -0.3 is 25.2 Å². The molecular formula is C20H20N2O6. The van der Waals surface area contributed by atoms with Crippen LogP contribution in [0, 0.1) is 13.8 Å². The molecule has 3 N–H and O–H groups in total. The minimum Gasteiger partial charge on any atom is -0.479 e. The highest BCUT2D eigenvalue weighted by Crippen LogP contribution is 2.32. The number of fused-ring (bicyclic) bond motifs is 1. The number of benzene rings is 2. The molecule has 0 radical (unpaired) electrons. The Balaban J connectivity index is 1.63. The van der Waals surface area contributed by atoms with Gasteiger partial charge in [-0.05, 0) is 48.7 Å². The van der Waals surface area contributed by atoms with E-state index in [9.17, 15) is 19.5 Å². The van der Waals surface area contributed by atoms with Crippen molar-refractivity contribution in [1.29, 1.82) is 0 Å². The second-order valence-corrected chi connectivity index (χ2v) is 6.38. The predicted octanol–water partition coefficient (Wildman–Crippen LogP) is 1.70.